The van der Waals surface area contributed by atoms with Crippen molar-refractivity contribution in [3.8, 4) is 0 Å². The molecule has 3 atom stereocenters. The Morgan fingerprint density at radius 2 is 1.30 bits per heavy atom. The molecule has 0 aliphatic carbocycles. The molecule has 0 radical (unpaired) electrons. The van der Waals surface area contributed by atoms with E-state index in [4.69, 9.17) is 4.74 Å². The summed E-state index contributed by atoms with van der Waals surface area (Å²) in [4.78, 5) is 16.1. The van der Waals surface area contributed by atoms with Gasteiger partial charge >= 0.3 is 5.97 Å². The van der Waals surface area contributed by atoms with Gasteiger partial charge in [0.25, 0.3) is 0 Å². The Hall–Kier alpha value is -2.95. The molecule has 2 heterocycles. The van der Waals surface area contributed by atoms with Gasteiger partial charge in [-0.05, 0) is 29.5 Å². The van der Waals surface area contributed by atoms with Crippen LogP contribution in [0.15, 0.2) is 91.0 Å². The Balaban J connectivity index is 1.35. The van der Waals surface area contributed by atoms with Crippen molar-refractivity contribution in [2.45, 2.75) is 62.4 Å². The molecule has 1 unspecified atom stereocenters. The summed E-state index contributed by atoms with van der Waals surface area (Å²) in [5, 5.41) is 11.7. The number of hydrogen-bond donors (Lipinski definition) is 1. The van der Waals surface area contributed by atoms with Crippen molar-refractivity contribution in [2.75, 3.05) is 0 Å². The zero-order valence-electron chi connectivity index (χ0n) is 18.8. The van der Waals surface area contributed by atoms with Crippen molar-refractivity contribution >= 4 is 5.97 Å². The number of carbonyl (C=O) groups excluding carboxylic acids is 1. The summed E-state index contributed by atoms with van der Waals surface area (Å²) in [5.74, 6) is -0.584. The third-order valence-electron chi connectivity index (χ3n) is 7.24. The molecule has 2 fully saturated rings. The first-order valence-electron chi connectivity index (χ1n) is 12.0. The van der Waals surface area contributed by atoms with Gasteiger partial charge in [-0.15, -0.1) is 0 Å². The number of hydrogen-bond acceptors (Lipinski definition) is 4. The summed E-state index contributed by atoms with van der Waals surface area (Å²) in [7, 11) is 0. The third-order valence-corrected chi connectivity index (χ3v) is 7.24. The molecule has 5 rings (SSSR count). The lowest BCUT2D eigenvalue weighted by molar-refractivity contribution is -0.173. The highest BCUT2D eigenvalue weighted by molar-refractivity contribution is 5.85. The number of benzene rings is 3. The minimum atomic E-state index is -1.82. The fraction of sp³-hybridized carbons (Fsp3) is 0.345. The average molecular weight is 442 g/mol. The van der Waals surface area contributed by atoms with Gasteiger partial charge in [0.2, 0.25) is 5.60 Å². The molecular weight excluding hydrogens is 410 g/mol. The number of rotatable bonds is 6. The molecule has 2 saturated heterocycles. The molecule has 33 heavy (non-hydrogen) atoms. The van der Waals surface area contributed by atoms with E-state index in [1.165, 1.54) is 12.0 Å². The van der Waals surface area contributed by atoms with Crippen LogP contribution in [0.25, 0.3) is 0 Å². The van der Waals surface area contributed by atoms with Crippen LogP contribution in [0.2, 0.25) is 0 Å². The number of piperidine rings is 2. The van der Waals surface area contributed by atoms with Crippen LogP contribution in [0.4, 0.5) is 0 Å². The smallest absolute Gasteiger partial charge is 0.347 e. The molecule has 4 heteroatoms. The predicted octanol–water partition coefficient (Wildman–Crippen LogP) is 5.05. The maximum atomic E-state index is 13.5. The summed E-state index contributed by atoms with van der Waals surface area (Å²) in [6.45, 7) is 0.939. The highest BCUT2D eigenvalue weighted by Gasteiger charge is 2.45. The van der Waals surface area contributed by atoms with Crippen molar-refractivity contribution in [2.24, 2.45) is 0 Å². The van der Waals surface area contributed by atoms with Gasteiger partial charge in [0.1, 0.15) is 6.10 Å². The number of fused-ring (bicyclic) bond motifs is 2. The van der Waals surface area contributed by atoms with Crippen LogP contribution in [-0.2, 0) is 21.7 Å². The van der Waals surface area contributed by atoms with Crippen molar-refractivity contribution < 1.29 is 14.6 Å². The van der Waals surface area contributed by atoms with Crippen molar-refractivity contribution in [3.05, 3.63) is 108 Å². The molecule has 2 aliphatic rings. The van der Waals surface area contributed by atoms with Gasteiger partial charge in [-0.1, -0.05) is 97.4 Å². The third kappa shape index (κ3) is 4.46. The van der Waals surface area contributed by atoms with E-state index < -0.39 is 11.6 Å². The van der Waals surface area contributed by atoms with E-state index in [-0.39, 0.29) is 6.10 Å². The van der Waals surface area contributed by atoms with E-state index in [2.05, 4.69) is 35.2 Å². The lowest BCUT2D eigenvalue weighted by atomic mass is 9.82. The Morgan fingerprint density at radius 3 is 1.82 bits per heavy atom. The SMILES string of the molecule is O=C(OC1C[C@H]2CCC[C@@H](C1)N2Cc1ccccc1)C(O)(c1ccccc1)c1ccccc1. The lowest BCUT2D eigenvalue weighted by Gasteiger charge is -2.48. The summed E-state index contributed by atoms with van der Waals surface area (Å²) >= 11 is 0. The largest absolute Gasteiger partial charge is 0.460 e. The number of nitrogens with zero attached hydrogens (tertiary/aromatic N) is 1. The van der Waals surface area contributed by atoms with E-state index >= 15 is 0 Å². The van der Waals surface area contributed by atoms with Crippen LogP contribution in [0.3, 0.4) is 0 Å². The van der Waals surface area contributed by atoms with Gasteiger partial charge in [0, 0.05) is 31.5 Å². The minimum absolute atomic E-state index is 0.182. The van der Waals surface area contributed by atoms with E-state index in [0.29, 0.717) is 23.2 Å². The van der Waals surface area contributed by atoms with E-state index in [1.807, 2.05) is 36.4 Å². The molecule has 170 valence electrons. The summed E-state index contributed by atoms with van der Waals surface area (Å²) in [5.41, 5.74) is 0.567. The van der Waals surface area contributed by atoms with E-state index in [1.54, 1.807) is 24.3 Å². The second-order valence-electron chi connectivity index (χ2n) is 9.34. The van der Waals surface area contributed by atoms with E-state index in [0.717, 1.165) is 32.2 Å². The Bertz CT molecular complexity index is 1000. The summed E-state index contributed by atoms with van der Waals surface area (Å²) in [6, 6.07) is 29.6. The second kappa shape index (κ2) is 9.50. The van der Waals surface area contributed by atoms with Crippen LogP contribution in [0, 0.1) is 0 Å². The molecule has 0 spiro atoms. The zero-order valence-corrected chi connectivity index (χ0v) is 18.8. The van der Waals surface area contributed by atoms with Crippen LogP contribution >= 0.6 is 0 Å². The molecule has 4 nitrogen and oxygen atoms in total. The molecule has 3 aromatic carbocycles. The highest BCUT2D eigenvalue weighted by atomic mass is 16.6. The fourth-order valence-corrected chi connectivity index (χ4v) is 5.57. The monoisotopic (exact) mass is 441 g/mol. The average Bonchev–Trinajstić information content (AvgIpc) is 2.85. The highest BCUT2D eigenvalue weighted by Crippen LogP contribution is 2.38. The normalized spacial score (nSPS) is 23.1. The van der Waals surface area contributed by atoms with Crippen molar-refractivity contribution in [1.29, 1.82) is 0 Å². The maximum absolute atomic E-state index is 13.5. The van der Waals surface area contributed by atoms with Gasteiger partial charge in [0.15, 0.2) is 0 Å². The maximum Gasteiger partial charge on any atom is 0.347 e. The summed E-state index contributed by atoms with van der Waals surface area (Å²) < 4.78 is 6.08. The number of aliphatic hydroxyl groups is 1. The lowest BCUT2D eigenvalue weighted by Crippen LogP contribution is -2.54. The second-order valence-corrected chi connectivity index (χ2v) is 9.34. The standard InChI is InChI=1S/C29H31NO3/c31-28(29(32,23-13-6-2-7-14-23)24-15-8-3-9-16-24)33-27-19-25-17-10-18-26(20-27)30(25)21-22-11-4-1-5-12-22/h1-9,11-16,25-27,32H,10,17-21H2/t25-,26+,27?. The molecule has 0 amide bonds. The molecule has 2 bridgehead atoms. The van der Waals surface area contributed by atoms with Crippen LogP contribution < -0.4 is 0 Å². The minimum Gasteiger partial charge on any atom is -0.460 e. The molecular formula is C29H31NO3. The molecule has 1 N–H and O–H groups in total. The number of esters is 1. The molecule has 0 aromatic heterocycles. The van der Waals surface area contributed by atoms with Crippen LogP contribution in [-0.4, -0.2) is 34.2 Å². The Morgan fingerprint density at radius 1 is 0.818 bits per heavy atom. The van der Waals surface area contributed by atoms with Gasteiger partial charge in [-0.25, -0.2) is 4.79 Å². The van der Waals surface area contributed by atoms with Gasteiger partial charge in [-0.3, -0.25) is 4.90 Å². The van der Waals surface area contributed by atoms with Crippen molar-refractivity contribution in [1.82, 2.24) is 4.90 Å². The van der Waals surface area contributed by atoms with Gasteiger partial charge in [0.05, 0.1) is 0 Å². The molecule has 0 saturated carbocycles. The molecule has 3 aromatic rings. The van der Waals surface area contributed by atoms with Crippen LogP contribution in [0.5, 0.6) is 0 Å². The topological polar surface area (TPSA) is 49.8 Å². The number of ether oxygens (including phenoxy) is 1. The number of carbonyl (C=O) groups is 1. The first kappa shape index (κ1) is 21.9. The van der Waals surface area contributed by atoms with E-state index in [9.17, 15) is 9.90 Å². The van der Waals surface area contributed by atoms with Gasteiger partial charge in [-0.2, -0.15) is 0 Å². The van der Waals surface area contributed by atoms with Crippen molar-refractivity contribution in [3.63, 3.8) is 0 Å². The first-order valence-corrected chi connectivity index (χ1v) is 12.0. The predicted molar refractivity (Wildman–Crippen MR) is 128 cm³/mol. The van der Waals surface area contributed by atoms with Crippen LogP contribution in [0.1, 0.15) is 48.8 Å². The Kier molecular flexibility index (Phi) is 6.30. The fourth-order valence-electron chi connectivity index (χ4n) is 5.57. The van der Waals surface area contributed by atoms with Gasteiger partial charge < -0.3 is 9.84 Å². The summed E-state index contributed by atoms with van der Waals surface area (Å²) in [6.07, 6.45) is 4.92. The first-order chi connectivity index (χ1) is 16.1. The Labute approximate surface area is 195 Å². The zero-order chi connectivity index (χ0) is 22.7. The quantitative estimate of drug-likeness (QED) is 0.544. The molecule has 2 aliphatic heterocycles.